The molecule has 3 nitrogen and oxygen atoms in total. The fourth-order valence-electron chi connectivity index (χ4n) is 1.78. The van der Waals surface area contributed by atoms with E-state index in [1.165, 1.54) is 6.08 Å². The van der Waals surface area contributed by atoms with Gasteiger partial charge in [-0.3, -0.25) is 0 Å². The van der Waals surface area contributed by atoms with Crippen LogP contribution in [0.3, 0.4) is 0 Å². The lowest BCUT2D eigenvalue weighted by Gasteiger charge is -2.24. The van der Waals surface area contributed by atoms with Gasteiger partial charge in [-0.25, -0.2) is 0 Å². The molecular weight excluding hydrogens is 214 g/mol. The SMILES string of the molecule is N#CC1(O)C=CC(c2ccccc2)=CC1C=O. The minimum absolute atomic E-state index is 0.593. The summed E-state index contributed by atoms with van der Waals surface area (Å²) in [4.78, 5) is 10.9. The summed E-state index contributed by atoms with van der Waals surface area (Å²) in [6.45, 7) is 0. The molecule has 1 aliphatic rings. The maximum Gasteiger partial charge on any atom is 0.183 e. The summed E-state index contributed by atoms with van der Waals surface area (Å²) in [5.74, 6) is -0.826. The van der Waals surface area contributed by atoms with Gasteiger partial charge in [-0.15, -0.1) is 0 Å². The number of hydrogen-bond donors (Lipinski definition) is 1. The highest BCUT2D eigenvalue weighted by molar-refractivity contribution is 5.80. The second-order valence-corrected chi connectivity index (χ2v) is 3.92. The van der Waals surface area contributed by atoms with E-state index in [1.54, 1.807) is 18.2 Å². The summed E-state index contributed by atoms with van der Waals surface area (Å²) in [5, 5.41) is 18.7. The van der Waals surface area contributed by atoms with E-state index in [4.69, 9.17) is 5.26 Å². The van der Waals surface area contributed by atoms with Crippen molar-refractivity contribution in [2.75, 3.05) is 0 Å². The van der Waals surface area contributed by atoms with E-state index in [2.05, 4.69) is 0 Å². The second kappa shape index (κ2) is 4.36. The molecule has 17 heavy (non-hydrogen) atoms. The number of aldehydes is 1. The number of nitriles is 1. The molecule has 0 amide bonds. The van der Waals surface area contributed by atoms with E-state index < -0.39 is 11.5 Å². The number of hydrogen-bond acceptors (Lipinski definition) is 3. The van der Waals surface area contributed by atoms with Gasteiger partial charge in [-0.1, -0.05) is 42.5 Å². The lowest BCUT2D eigenvalue weighted by molar-refractivity contribution is -0.113. The number of carbonyl (C=O) groups is 1. The molecule has 0 saturated carbocycles. The number of allylic oxidation sites excluding steroid dienone is 2. The van der Waals surface area contributed by atoms with Crippen molar-refractivity contribution in [3.63, 3.8) is 0 Å². The molecule has 84 valence electrons. The van der Waals surface area contributed by atoms with Gasteiger partial charge < -0.3 is 9.90 Å². The maximum absolute atomic E-state index is 10.9. The van der Waals surface area contributed by atoms with Gasteiger partial charge in [0.2, 0.25) is 0 Å². The average molecular weight is 225 g/mol. The van der Waals surface area contributed by atoms with Crippen molar-refractivity contribution in [3.05, 3.63) is 54.1 Å². The number of rotatable bonds is 2. The summed E-state index contributed by atoms with van der Waals surface area (Å²) >= 11 is 0. The summed E-state index contributed by atoms with van der Waals surface area (Å²) < 4.78 is 0. The smallest absolute Gasteiger partial charge is 0.183 e. The van der Waals surface area contributed by atoms with Gasteiger partial charge in [0.15, 0.2) is 5.60 Å². The molecule has 2 unspecified atom stereocenters. The number of benzene rings is 1. The summed E-state index contributed by atoms with van der Waals surface area (Å²) in [6, 6.07) is 11.3. The monoisotopic (exact) mass is 225 g/mol. The lowest BCUT2D eigenvalue weighted by Crippen LogP contribution is -2.35. The molecular formula is C14H11NO2. The third-order valence-corrected chi connectivity index (χ3v) is 2.82. The predicted octanol–water partition coefficient (Wildman–Crippen LogP) is 1.71. The van der Waals surface area contributed by atoms with Crippen LogP contribution in [-0.2, 0) is 4.79 Å². The van der Waals surface area contributed by atoms with Gasteiger partial charge >= 0.3 is 0 Å². The molecule has 2 atom stereocenters. The minimum atomic E-state index is -1.72. The van der Waals surface area contributed by atoms with E-state index >= 15 is 0 Å². The van der Waals surface area contributed by atoms with Gasteiger partial charge in [0.1, 0.15) is 12.4 Å². The van der Waals surface area contributed by atoms with Gasteiger partial charge in [0.25, 0.3) is 0 Å². The van der Waals surface area contributed by atoms with E-state index in [9.17, 15) is 9.90 Å². The van der Waals surface area contributed by atoms with Crippen LogP contribution >= 0.6 is 0 Å². The Kier molecular flexibility index (Phi) is 2.90. The molecule has 0 bridgehead atoms. The largest absolute Gasteiger partial charge is 0.371 e. The standard InChI is InChI=1S/C14H11NO2/c15-10-14(17)7-6-12(8-13(14)9-16)11-4-2-1-3-5-11/h1-9,13,17H. The van der Waals surface area contributed by atoms with Crippen LogP contribution in [0.5, 0.6) is 0 Å². The van der Waals surface area contributed by atoms with Crippen LogP contribution in [0.2, 0.25) is 0 Å². The fraction of sp³-hybridized carbons (Fsp3) is 0.143. The van der Waals surface area contributed by atoms with Crippen LogP contribution in [-0.4, -0.2) is 17.0 Å². The molecule has 0 aliphatic heterocycles. The van der Waals surface area contributed by atoms with Gasteiger partial charge in [-0.05, 0) is 17.2 Å². The Labute approximate surface area is 99.3 Å². The first-order chi connectivity index (χ1) is 8.19. The van der Waals surface area contributed by atoms with Crippen molar-refractivity contribution in [2.45, 2.75) is 5.60 Å². The van der Waals surface area contributed by atoms with Crippen LogP contribution in [0.1, 0.15) is 5.56 Å². The first-order valence-corrected chi connectivity index (χ1v) is 5.25. The van der Waals surface area contributed by atoms with Crippen molar-refractivity contribution < 1.29 is 9.90 Å². The maximum atomic E-state index is 10.9. The zero-order valence-electron chi connectivity index (χ0n) is 9.08. The van der Waals surface area contributed by atoms with Crippen molar-refractivity contribution in [2.24, 2.45) is 5.92 Å². The van der Waals surface area contributed by atoms with Crippen molar-refractivity contribution >= 4 is 11.9 Å². The summed E-state index contributed by atoms with van der Waals surface area (Å²) in [6.07, 6.45) is 5.24. The Balaban J connectivity index is 2.40. The molecule has 1 aromatic carbocycles. The van der Waals surface area contributed by atoms with Gasteiger partial charge in [0, 0.05) is 0 Å². The Morgan fingerprint density at radius 3 is 2.65 bits per heavy atom. The quantitative estimate of drug-likeness (QED) is 0.615. The number of nitrogens with zero attached hydrogens (tertiary/aromatic N) is 1. The van der Waals surface area contributed by atoms with Crippen LogP contribution in [0, 0.1) is 17.2 Å². The Morgan fingerprint density at radius 1 is 1.35 bits per heavy atom. The van der Waals surface area contributed by atoms with Crippen molar-refractivity contribution in [3.8, 4) is 6.07 Å². The first kappa shape index (κ1) is 11.3. The zero-order chi connectivity index (χ0) is 12.3. The molecule has 0 radical (unpaired) electrons. The zero-order valence-corrected chi connectivity index (χ0v) is 9.08. The third-order valence-electron chi connectivity index (χ3n) is 2.82. The van der Waals surface area contributed by atoms with E-state index in [0.717, 1.165) is 11.1 Å². The lowest BCUT2D eigenvalue weighted by atomic mass is 9.82. The first-order valence-electron chi connectivity index (χ1n) is 5.25. The van der Waals surface area contributed by atoms with E-state index in [1.807, 2.05) is 30.3 Å². The Hall–Kier alpha value is -2.18. The van der Waals surface area contributed by atoms with Gasteiger partial charge in [0.05, 0.1) is 5.92 Å². The van der Waals surface area contributed by atoms with E-state index in [-0.39, 0.29) is 0 Å². The van der Waals surface area contributed by atoms with E-state index in [0.29, 0.717) is 6.29 Å². The van der Waals surface area contributed by atoms with Gasteiger partial charge in [-0.2, -0.15) is 5.26 Å². The second-order valence-electron chi connectivity index (χ2n) is 3.92. The topological polar surface area (TPSA) is 61.1 Å². The minimum Gasteiger partial charge on any atom is -0.371 e. The van der Waals surface area contributed by atoms with Crippen LogP contribution in [0.15, 0.2) is 48.6 Å². The van der Waals surface area contributed by atoms with Crippen molar-refractivity contribution in [1.82, 2.24) is 0 Å². The molecule has 1 aliphatic carbocycles. The molecule has 1 N–H and O–H groups in total. The Bertz CT molecular complexity index is 525. The highest BCUT2D eigenvalue weighted by atomic mass is 16.3. The molecule has 3 heteroatoms. The predicted molar refractivity (Wildman–Crippen MR) is 63.7 cm³/mol. The number of aliphatic hydroxyl groups is 1. The molecule has 1 aromatic rings. The normalized spacial score (nSPS) is 27.1. The van der Waals surface area contributed by atoms with Crippen LogP contribution in [0.25, 0.3) is 5.57 Å². The molecule has 2 rings (SSSR count). The average Bonchev–Trinajstić information content (AvgIpc) is 2.40. The van der Waals surface area contributed by atoms with Crippen LogP contribution < -0.4 is 0 Å². The molecule has 0 heterocycles. The summed E-state index contributed by atoms with van der Waals surface area (Å²) in [7, 11) is 0. The number of carbonyl (C=O) groups excluding carboxylic acids is 1. The fourth-order valence-corrected chi connectivity index (χ4v) is 1.78. The summed E-state index contributed by atoms with van der Waals surface area (Å²) in [5.41, 5.74) is 0.0678. The highest BCUT2D eigenvalue weighted by Crippen LogP contribution is 2.29. The molecule has 0 fully saturated rings. The molecule has 0 saturated heterocycles. The Morgan fingerprint density at radius 2 is 2.06 bits per heavy atom. The third kappa shape index (κ3) is 2.03. The van der Waals surface area contributed by atoms with Crippen molar-refractivity contribution in [1.29, 1.82) is 5.26 Å². The molecule has 0 aromatic heterocycles. The van der Waals surface area contributed by atoms with Crippen LogP contribution in [0.4, 0.5) is 0 Å². The molecule has 0 spiro atoms. The highest BCUT2D eigenvalue weighted by Gasteiger charge is 2.35.